The highest BCUT2D eigenvalue weighted by Crippen LogP contribution is 2.06. The van der Waals surface area contributed by atoms with Gasteiger partial charge >= 0.3 is 0 Å². The monoisotopic (exact) mass is 269 g/mol. The number of hydrogen-bond donors (Lipinski definition) is 1. The summed E-state index contributed by atoms with van der Waals surface area (Å²) in [4.78, 5) is 17.9. The number of nitrogens with one attached hydrogen (secondary N) is 1. The zero-order chi connectivity index (χ0) is 13.5. The molecule has 100 valence electrons. The molecule has 1 aromatic heterocycles. The van der Waals surface area contributed by atoms with Gasteiger partial charge in [-0.2, -0.15) is 0 Å². The van der Waals surface area contributed by atoms with Crippen molar-refractivity contribution in [1.82, 2.24) is 15.2 Å². The molecule has 0 aromatic carbocycles. The van der Waals surface area contributed by atoms with E-state index in [9.17, 15) is 4.79 Å². The van der Waals surface area contributed by atoms with E-state index in [0.717, 1.165) is 13.0 Å². The Morgan fingerprint density at radius 3 is 2.94 bits per heavy atom. The summed E-state index contributed by atoms with van der Waals surface area (Å²) in [6, 6.07) is 3.74. The summed E-state index contributed by atoms with van der Waals surface area (Å²) >= 11 is 5.73. The van der Waals surface area contributed by atoms with Crippen LogP contribution in [-0.4, -0.2) is 42.0 Å². The molecule has 5 heteroatoms. The number of carbonyl (C=O) groups is 1. The van der Waals surface area contributed by atoms with Gasteiger partial charge < -0.3 is 10.2 Å². The Labute approximate surface area is 113 Å². The lowest BCUT2D eigenvalue weighted by Gasteiger charge is -2.23. The number of amides is 1. The zero-order valence-corrected chi connectivity index (χ0v) is 11.9. The summed E-state index contributed by atoms with van der Waals surface area (Å²) in [5.74, 6) is -0.114. The van der Waals surface area contributed by atoms with Crippen LogP contribution in [0.3, 0.4) is 0 Å². The third-order valence-corrected chi connectivity index (χ3v) is 3.29. The van der Waals surface area contributed by atoms with Crippen LogP contribution in [-0.2, 0) is 0 Å². The molecule has 0 saturated carbocycles. The molecule has 0 aliphatic carbocycles. The number of pyridine rings is 1. The number of hydrogen-bond acceptors (Lipinski definition) is 3. The summed E-state index contributed by atoms with van der Waals surface area (Å²) < 4.78 is 0. The van der Waals surface area contributed by atoms with Gasteiger partial charge in [0.25, 0.3) is 5.91 Å². The number of halogens is 1. The van der Waals surface area contributed by atoms with E-state index in [1.54, 1.807) is 12.1 Å². The van der Waals surface area contributed by atoms with Crippen molar-refractivity contribution in [3.05, 3.63) is 29.0 Å². The normalized spacial score (nSPS) is 12.5. The van der Waals surface area contributed by atoms with E-state index < -0.39 is 0 Å². The molecule has 1 N–H and O–H groups in total. The van der Waals surface area contributed by atoms with Gasteiger partial charge in [-0.15, -0.1) is 0 Å². The van der Waals surface area contributed by atoms with Gasteiger partial charge in [0.2, 0.25) is 0 Å². The van der Waals surface area contributed by atoms with E-state index in [4.69, 9.17) is 11.6 Å². The van der Waals surface area contributed by atoms with E-state index in [0.29, 0.717) is 23.3 Å². The Bertz CT molecular complexity index is 398. The molecule has 0 spiro atoms. The lowest BCUT2D eigenvalue weighted by molar-refractivity contribution is 0.0947. The molecular formula is C13H20ClN3O. The Morgan fingerprint density at radius 2 is 2.33 bits per heavy atom. The lowest BCUT2D eigenvalue weighted by atomic mass is 10.2. The number of aromatic nitrogens is 1. The summed E-state index contributed by atoms with van der Waals surface area (Å²) in [5, 5.41) is 3.20. The molecule has 4 nitrogen and oxygen atoms in total. The van der Waals surface area contributed by atoms with Crippen molar-refractivity contribution in [2.24, 2.45) is 0 Å². The summed E-state index contributed by atoms with van der Waals surface area (Å²) in [6.07, 6.45) is 2.63. The molecule has 0 radical (unpaired) electrons. The van der Waals surface area contributed by atoms with Crippen LogP contribution in [0.4, 0.5) is 0 Å². The van der Waals surface area contributed by atoms with Gasteiger partial charge in [0.05, 0.1) is 0 Å². The first-order valence-electron chi connectivity index (χ1n) is 6.14. The maximum absolute atomic E-state index is 11.8. The van der Waals surface area contributed by atoms with Crippen LogP contribution in [0.2, 0.25) is 5.15 Å². The number of carbonyl (C=O) groups excluding carboxylic acids is 1. The van der Waals surface area contributed by atoms with Crippen molar-refractivity contribution in [3.8, 4) is 0 Å². The molecule has 1 heterocycles. The number of nitrogens with zero attached hydrogens (tertiary/aromatic N) is 2. The van der Waals surface area contributed by atoms with Gasteiger partial charge in [-0.25, -0.2) is 4.98 Å². The first-order valence-corrected chi connectivity index (χ1v) is 6.52. The van der Waals surface area contributed by atoms with Crippen LogP contribution in [0.15, 0.2) is 18.3 Å². The minimum absolute atomic E-state index is 0.114. The van der Waals surface area contributed by atoms with Crippen LogP contribution in [0.25, 0.3) is 0 Å². The molecular weight excluding hydrogens is 250 g/mol. The maximum Gasteiger partial charge on any atom is 0.251 e. The Hall–Kier alpha value is -1.13. The molecule has 0 saturated heterocycles. The SMILES string of the molecule is CCC(C)N(C)CCNC(=O)c1ccnc(Cl)c1. The molecule has 0 aliphatic rings. The highest BCUT2D eigenvalue weighted by molar-refractivity contribution is 6.29. The van der Waals surface area contributed by atoms with Gasteiger partial charge in [-0.1, -0.05) is 18.5 Å². The molecule has 1 amide bonds. The first-order chi connectivity index (χ1) is 8.54. The van der Waals surface area contributed by atoms with Crippen molar-refractivity contribution in [3.63, 3.8) is 0 Å². The van der Waals surface area contributed by atoms with Gasteiger partial charge in [-0.3, -0.25) is 4.79 Å². The summed E-state index contributed by atoms with van der Waals surface area (Å²) in [7, 11) is 2.06. The minimum atomic E-state index is -0.114. The zero-order valence-electron chi connectivity index (χ0n) is 11.1. The van der Waals surface area contributed by atoms with Gasteiger partial charge in [0.15, 0.2) is 0 Å². The van der Waals surface area contributed by atoms with Gasteiger partial charge in [0.1, 0.15) is 5.15 Å². The fourth-order valence-corrected chi connectivity index (χ4v) is 1.70. The first kappa shape index (κ1) is 14.9. The maximum atomic E-state index is 11.8. The standard InChI is InChI=1S/C13H20ClN3O/c1-4-10(2)17(3)8-7-16-13(18)11-5-6-15-12(14)9-11/h5-6,9-10H,4,7-8H2,1-3H3,(H,16,18). The smallest absolute Gasteiger partial charge is 0.251 e. The predicted molar refractivity (Wildman–Crippen MR) is 74.0 cm³/mol. The largest absolute Gasteiger partial charge is 0.351 e. The third kappa shape index (κ3) is 4.63. The van der Waals surface area contributed by atoms with Crippen LogP contribution in [0.1, 0.15) is 30.6 Å². The minimum Gasteiger partial charge on any atom is -0.351 e. The number of likely N-dealkylation sites (N-methyl/N-ethyl adjacent to an activating group) is 1. The van der Waals surface area contributed by atoms with Crippen LogP contribution >= 0.6 is 11.6 Å². The molecule has 0 fully saturated rings. The molecule has 1 rings (SSSR count). The van der Waals surface area contributed by atoms with Crippen molar-refractivity contribution in [2.75, 3.05) is 20.1 Å². The van der Waals surface area contributed by atoms with Crippen molar-refractivity contribution in [2.45, 2.75) is 26.3 Å². The van der Waals surface area contributed by atoms with Gasteiger partial charge in [0, 0.05) is 30.9 Å². The van der Waals surface area contributed by atoms with Gasteiger partial charge in [-0.05, 0) is 32.5 Å². The molecule has 0 aliphatic heterocycles. The second kappa shape index (κ2) is 7.34. The Morgan fingerprint density at radius 1 is 1.61 bits per heavy atom. The summed E-state index contributed by atoms with van der Waals surface area (Å²) in [5.41, 5.74) is 0.543. The third-order valence-electron chi connectivity index (χ3n) is 3.08. The Balaban J connectivity index is 2.38. The molecule has 1 atom stereocenters. The van der Waals surface area contributed by atoms with E-state index in [-0.39, 0.29) is 5.91 Å². The van der Waals surface area contributed by atoms with Crippen molar-refractivity contribution in [1.29, 1.82) is 0 Å². The fraction of sp³-hybridized carbons (Fsp3) is 0.538. The topological polar surface area (TPSA) is 45.2 Å². The molecule has 1 unspecified atom stereocenters. The highest BCUT2D eigenvalue weighted by atomic mass is 35.5. The summed E-state index contributed by atoms with van der Waals surface area (Å²) in [6.45, 7) is 5.78. The van der Waals surface area contributed by atoms with E-state index in [2.05, 4.69) is 36.1 Å². The second-order valence-electron chi connectivity index (χ2n) is 4.36. The quantitative estimate of drug-likeness (QED) is 0.806. The lowest BCUT2D eigenvalue weighted by Crippen LogP contribution is -2.37. The molecule has 0 bridgehead atoms. The van der Waals surface area contributed by atoms with Crippen molar-refractivity contribution < 1.29 is 4.79 Å². The molecule has 1 aromatic rings. The fourth-order valence-electron chi connectivity index (χ4n) is 1.52. The van der Waals surface area contributed by atoms with E-state index >= 15 is 0 Å². The van der Waals surface area contributed by atoms with E-state index in [1.807, 2.05) is 0 Å². The van der Waals surface area contributed by atoms with Crippen LogP contribution < -0.4 is 5.32 Å². The average Bonchev–Trinajstić information content (AvgIpc) is 2.37. The van der Waals surface area contributed by atoms with Crippen LogP contribution in [0.5, 0.6) is 0 Å². The predicted octanol–water partition coefficient (Wildman–Crippen LogP) is 2.20. The molecule has 18 heavy (non-hydrogen) atoms. The Kier molecular flexibility index (Phi) is 6.09. The second-order valence-corrected chi connectivity index (χ2v) is 4.75. The van der Waals surface area contributed by atoms with Crippen molar-refractivity contribution >= 4 is 17.5 Å². The van der Waals surface area contributed by atoms with Crippen LogP contribution in [0, 0.1) is 0 Å². The average molecular weight is 270 g/mol. The highest BCUT2D eigenvalue weighted by Gasteiger charge is 2.08. The number of rotatable bonds is 6. The van der Waals surface area contributed by atoms with E-state index in [1.165, 1.54) is 6.20 Å².